The fourth-order valence-electron chi connectivity index (χ4n) is 0.521. The van der Waals surface area contributed by atoms with Gasteiger partial charge < -0.3 is 0 Å². The zero-order valence-electron chi connectivity index (χ0n) is 5.52. The Morgan fingerprint density at radius 2 is 1.88 bits per heavy atom. The number of hydrogen-bond acceptors (Lipinski definition) is 2. The van der Waals surface area contributed by atoms with Gasteiger partial charge in [0.1, 0.15) is 7.11 Å². The van der Waals surface area contributed by atoms with Gasteiger partial charge in [-0.3, -0.25) is 0 Å². The first-order valence-electron chi connectivity index (χ1n) is 2.92. The summed E-state index contributed by atoms with van der Waals surface area (Å²) in [5.74, 6) is 0. The Hall–Kier alpha value is -0.0800. The summed E-state index contributed by atoms with van der Waals surface area (Å²) in [6.45, 7) is 4.10. The van der Waals surface area contributed by atoms with Crippen LogP contribution in [0.2, 0.25) is 0 Å². The topological polar surface area (TPSA) is 18.5 Å². The summed E-state index contributed by atoms with van der Waals surface area (Å²) in [5.41, 5.74) is 0. The number of rotatable bonds is 4. The molecular formula is C6H13O2. The molecule has 0 aromatic carbocycles. The fourth-order valence-corrected chi connectivity index (χ4v) is 0.521. The summed E-state index contributed by atoms with van der Waals surface area (Å²) in [5, 5.41) is 0. The molecule has 0 fully saturated rings. The van der Waals surface area contributed by atoms with Crippen molar-refractivity contribution in [2.75, 3.05) is 0 Å². The van der Waals surface area contributed by atoms with E-state index in [1.165, 1.54) is 0 Å². The monoisotopic (exact) mass is 117 g/mol. The van der Waals surface area contributed by atoms with Gasteiger partial charge in [0.05, 0.1) is 6.10 Å². The van der Waals surface area contributed by atoms with E-state index < -0.39 is 0 Å². The molecule has 0 unspecified atom stereocenters. The summed E-state index contributed by atoms with van der Waals surface area (Å²) < 4.78 is 0. The lowest BCUT2D eigenvalue weighted by molar-refractivity contribution is -0.287. The van der Waals surface area contributed by atoms with E-state index in [2.05, 4.69) is 12.0 Å². The SMILES string of the molecule is [CH2]OOC(CC)CC. The largest absolute Gasteiger partial charge is 0.234 e. The molecular weight excluding hydrogens is 104 g/mol. The van der Waals surface area contributed by atoms with Gasteiger partial charge in [-0.1, -0.05) is 13.8 Å². The second-order valence-electron chi connectivity index (χ2n) is 1.65. The Balaban J connectivity index is 3.07. The van der Waals surface area contributed by atoms with Crippen molar-refractivity contribution in [2.45, 2.75) is 32.8 Å². The maximum absolute atomic E-state index is 4.73. The standard InChI is InChI=1S/C6H13O2/c1-4-6(5-2)8-7-3/h6H,3-5H2,1-2H3. The van der Waals surface area contributed by atoms with Crippen molar-refractivity contribution < 1.29 is 9.78 Å². The van der Waals surface area contributed by atoms with Crippen molar-refractivity contribution in [2.24, 2.45) is 0 Å². The average molecular weight is 117 g/mol. The summed E-state index contributed by atoms with van der Waals surface area (Å²) >= 11 is 0. The predicted octanol–water partition coefficient (Wildman–Crippen LogP) is 1.91. The highest BCUT2D eigenvalue weighted by atomic mass is 17.2. The normalized spacial score (nSPS) is 10.5. The molecule has 0 N–H and O–H groups in total. The third kappa shape index (κ3) is 2.99. The molecule has 2 nitrogen and oxygen atoms in total. The highest BCUT2D eigenvalue weighted by molar-refractivity contribution is 4.46. The van der Waals surface area contributed by atoms with Gasteiger partial charge in [-0.2, -0.15) is 0 Å². The van der Waals surface area contributed by atoms with Crippen LogP contribution in [0.4, 0.5) is 0 Å². The second-order valence-corrected chi connectivity index (χ2v) is 1.65. The predicted molar refractivity (Wildman–Crippen MR) is 31.9 cm³/mol. The molecule has 0 saturated carbocycles. The van der Waals surface area contributed by atoms with E-state index in [-0.39, 0.29) is 6.10 Å². The fraction of sp³-hybridized carbons (Fsp3) is 0.833. The van der Waals surface area contributed by atoms with Crippen LogP contribution in [0.1, 0.15) is 26.7 Å². The van der Waals surface area contributed by atoms with Crippen LogP contribution in [0.3, 0.4) is 0 Å². The average Bonchev–Trinajstić information content (AvgIpc) is 1.83. The molecule has 0 amide bonds. The van der Waals surface area contributed by atoms with Crippen molar-refractivity contribution in [3.05, 3.63) is 7.11 Å². The summed E-state index contributed by atoms with van der Waals surface area (Å²) in [6, 6.07) is 0. The van der Waals surface area contributed by atoms with E-state index in [1.807, 2.05) is 13.8 Å². The van der Waals surface area contributed by atoms with Crippen LogP contribution in [0.5, 0.6) is 0 Å². The lowest BCUT2D eigenvalue weighted by Gasteiger charge is -2.08. The summed E-state index contributed by atoms with van der Waals surface area (Å²) in [7, 11) is 3.10. The zero-order valence-corrected chi connectivity index (χ0v) is 5.52. The molecule has 0 aromatic heterocycles. The van der Waals surface area contributed by atoms with Crippen LogP contribution >= 0.6 is 0 Å². The van der Waals surface area contributed by atoms with Gasteiger partial charge in [0, 0.05) is 0 Å². The van der Waals surface area contributed by atoms with Crippen molar-refractivity contribution in [1.82, 2.24) is 0 Å². The molecule has 1 radical (unpaired) electrons. The zero-order chi connectivity index (χ0) is 6.41. The lowest BCUT2D eigenvalue weighted by Crippen LogP contribution is -2.07. The van der Waals surface area contributed by atoms with E-state index in [1.54, 1.807) is 0 Å². The molecule has 0 bridgehead atoms. The van der Waals surface area contributed by atoms with Crippen LogP contribution in [-0.4, -0.2) is 6.10 Å². The van der Waals surface area contributed by atoms with Gasteiger partial charge in [-0.05, 0) is 12.8 Å². The van der Waals surface area contributed by atoms with Crippen LogP contribution in [0, 0.1) is 7.11 Å². The van der Waals surface area contributed by atoms with Gasteiger partial charge in [0.25, 0.3) is 0 Å². The molecule has 0 aromatic rings. The van der Waals surface area contributed by atoms with Gasteiger partial charge >= 0.3 is 0 Å². The van der Waals surface area contributed by atoms with Gasteiger partial charge in [-0.25, -0.2) is 9.78 Å². The van der Waals surface area contributed by atoms with E-state index in [4.69, 9.17) is 4.89 Å². The Morgan fingerprint density at radius 3 is 2.00 bits per heavy atom. The highest BCUT2D eigenvalue weighted by Crippen LogP contribution is 2.01. The first kappa shape index (κ1) is 7.92. The third-order valence-electron chi connectivity index (χ3n) is 1.11. The molecule has 0 aliphatic heterocycles. The second kappa shape index (κ2) is 5.06. The Bertz CT molecular complexity index is 41.8. The Kier molecular flexibility index (Phi) is 5.01. The molecule has 0 atom stereocenters. The minimum absolute atomic E-state index is 0.215. The van der Waals surface area contributed by atoms with Crippen molar-refractivity contribution in [3.8, 4) is 0 Å². The first-order valence-corrected chi connectivity index (χ1v) is 2.92. The Labute approximate surface area is 50.7 Å². The van der Waals surface area contributed by atoms with Crippen molar-refractivity contribution >= 4 is 0 Å². The molecule has 0 aliphatic carbocycles. The van der Waals surface area contributed by atoms with Crippen LogP contribution in [0.25, 0.3) is 0 Å². The minimum atomic E-state index is 0.215. The molecule has 0 spiro atoms. The van der Waals surface area contributed by atoms with E-state index in [9.17, 15) is 0 Å². The van der Waals surface area contributed by atoms with E-state index in [0.717, 1.165) is 12.8 Å². The number of hydrogen-bond donors (Lipinski definition) is 0. The summed E-state index contributed by atoms with van der Waals surface area (Å²) in [6.07, 6.45) is 2.17. The van der Waals surface area contributed by atoms with Crippen LogP contribution < -0.4 is 0 Å². The smallest absolute Gasteiger partial charge is 0.109 e. The maximum Gasteiger partial charge on any atom is 0.109 e. The van der Waals surface area contributed by atoms with E-state index >= 15 is 0 Å². The molecule has 0 aliphatic rings. The highest BCUT2D eigenvalue weighted by Gasteiger charge is 2.00. The van der Waals surface area contributed by atoms with Gasteiger partial charge in [-0.15, -0.1) is 0 Å². The van der Waals surface area contributed by atoms with Crippen LogP contribution in [0.15, 0.2) is 0 Å². The minimum Gasteiger partial charge on any atom is -0.234 e. The van der Waals surface area contributed by atoms with Gasteiger partial charge in [0.15, 0.2) is 0 Å². The molecule has 8 heavy (non-hydrogen) atoms. The van der Waals surface area contributed by atoms with E-state index in [0.29, 0.717) is 0 Å². The molecule has 0 saturated heterocycles. The first-order chi connectivity index (χ1) is 3.85. The molecule has 2 heteroatoms. The molecule has 0 heterocycles. The van der Waals surface area contributed by atoms with Crippen molar-refractivity contribution in [3.63, 3.8) is 0 Å². The van der Waals surface area contributed by atoms with Gasteiger partial charge in [0.2, 0.25) is 0 Å². The quantitative estimate of drug-likeness (QED) is 0.413. The van der Waals surface area contributed by atoms with Crippen molar-refractivity contribution in [1.29, 1.82) is 0 Å². The molecule has 0 rings (SSSR count). The summed E-state index contributed by atoms with van der Waals surface area (Å²) in [4.78, 5) is 8.96. The van der Waals surface area contributed by atoms with Crippen LogP contribution in [-0.2, 0) is 9.78 Å². The lowest BCUT2D eigenvalue weighted by atomic mass is 10.2. The third-order valence-corrected chi connectivity index (χ3v) is 1.11. The Morgan fingerprint density at radius 1 is 1.38 bits per heavy atom. The maximum atomic E-state index is 4.73. The molecule has 49 valence electrons.